The Balaban J connectivity index is 1.47. The zero-order chi connectivity index (χ0) is 13.8. The molecule has 20 heavy (non-hydrogen) atoms. The van der Waals surface area contributed by atoms with Gasteiger partial charge in [-0.1, -0.05) is 19.3 Å². The first kappa shape index (κ1) is 14.0. The maximum Gasteiger partial charge on any atom is 0.0377 e. The van der Waals surface area contributed by atoms with Crippen LogP contribution >= 0.6 is 0 Å². The van der Waals surface area contributed by atoms with E-state index >= 15 is 0 Å². The SMILES string of the molecule is CN1CCN(C2=CCN(CC3CCCCC3)C=C2)CC1. The van der Waals surface area contributed by atoms with Crippen LogP contribution in [0.25, 0.3) is 0 Å². The van der Waals surface area contributed by atoms with E-state index in [1.54, 1.807) is 0 Å². The zero-order valence-corrected chi connectivity index (χ0v) is 12.9. The number of hydrogen-bond donors (Lipinski definition) is 0. The van der Waals surface area contributed by atoms with E-state index in [1.807, 2.05) is 0 Å². The van der Waals surface area contributed by atoms with Gasteiger partial charge in [-0.15, -0.1) is 0 Å². The summed E-state index contributed by atoms with van der Waals surface area (Å²) in [6.45, 7) is 7.11. The Labute approximate surface area is 123 Å². The van der Waals surface area contributed by atoms with Crippen LogP contribution in [0.2, 0.25) is 0 Å². The summed E-state index contributed by atoms with van der Waals surface area (Å²) in [7, 11) is 2.22. The van der Waals surface area contributed by atoms with Gasteiger partial charge < -0.3 is 14.7 Å². The number of rotatable bonds is 3. The summed E-state index contributed by atoms with van der Waals surface area (Å²) in [5.41, 5.74) is 1.44. The van der Waals surface area contributed by atoms with Crippen molar-refractivity contribution >= 4 is 0 Å². The Kier molecular flexibility index (Phi) is 4.66. The van der Waals surface area contributed by atoms with Gasteiger partial charge in [0, 0.05) is 51.2 Å². The molecule has 1 saturated heterocycles. The topological polar surface area (TPSA) is 9.72 Å². The monoisotopic (exact) mass is 275 g/mol. The van der Waals surface area contributed by atoms with E-state index in [0.717, 1.165) is 12.5 Å². The minimum atomic E-state index is 0.937. The molecule has 3 heteroatoms. The van der Waals surface area contributed by atoms with Crippen molar-refractivity contribution in [3.8, 4) is 0 Å². The zero-order valence-electron chi connectivity index (χ0n) is 12.9. The normalized spacial score (nSPS) is 25.9. The number of piperazine rings is 1. The van der Waals surface area contributed by atoms with Crippen molar-refractivity contribution in [2.24, 2.45) is 5.92 Å². The number of nitrogens with zero attached hydrogens (tertiary/aromatic N) is 3. The first-order valence-electron chi connectivity index (χ1n) is 8.37. The summed E-state index contributed by atoms with van der Waals surface area (Å²) >= 11 is 0. The first-order chi connectivity index (χ1) is 9.81. The summed E-state index contributed by atoms with van der Waals surface area (Å²) < 4.78 is 0. The predicted molar refractivity (Wildman–Crippen MR) is 84.4 cm³/mol. The molecule has 0 bridgehead atoms. The standard InChI is InChI=1S/C17H29N3/c1-18-11-13-20(14-12-18)17-7-9-19(10-8-17)15-16-5-3-2-4-6-16/h7-9,16H,2-6,10-15H2,1H3. The maximum absolute atomic E-state index is 2.54. The molecule has 1 saturated carbocycles. The fourth-order valence-electron chi connectivity index (χ4n) is 3.66. The molecule has 2 heterocycles. The van der Waals surface area contributed by atoms with E-state index in [4.69, 9.17) is 0 Å². The number of likely N-dealkylation sites (N-methyl/N-ethyl adjacent to an activating group) is 1. The maximum atomic E-state index is 2.54. The average molecular weight is 275 g/mol. The molecule has 0 N–H and O–H groups in total. The highest BCUT2D eigenvalue weighted by molar-refractivity contribution is 5.22. The van der Waals surface area contributed by atoms with Gasteiger partial charge in [-0.3, -0.25) is 0 Å². The third-order valence-electron chi connectivity index (χ3n) is 5.08. The van der Waals surface area contributed by atoms with Crippen LogP contribution in [0, 0.1) is 5.92 Å². The van der Waals surface area contributed by atoms with Gasteiger partial charge in [0.1, 0.15) is 0 Å². The molecule has 0 aromatic carbocycles. The van der Waals surface area contributed by atoms with Gasteiger partial charge in [-0.05, 0) is 38.0 Å². The summed E-state index contributed by atoms with van der Waals surface area (Å²) in [6, 6.07) is 0. The van der Waals surface area contributed by atoms with Crippen LogP contribution in [0.4, 0.5) is 0 Å². The molecule has 3 aliphatic rings. The average Bonchev–Trinajstić information content (AvgIpc) is 2.50. The molecule has 112 valence electrons. The van der Waals surface area contributed by atoms with Crippen LogP contribution in [0.5, 0.6) is 0 Å². The quantitative estimate of drug-likeness (QED) is 0.783. The summed E-state index contributed by atoms with van der Waals surface area (Å²) in [5.74, 6) is 0.937. The first-order valence-corrected chi connectivity index (χ1v) is 8.37. The van der Waals surface area contributed by atoms with Gasteiger partial charge in [0.05, 0.1) is 0 Å². The highest BCUT2D eigenvalue weighted by Crippen LogP contribution is 2.25. The Morgan fingerprint density at radius 2 is 1.80 bits per heavy atom. The molecule has 0 unspecified atom stereocenters. The van der Waals surface area contributed by atoms with Gasteiger partial charge in [0.15, 0.2) is 0 Å². The van der Waals surface area contributed by atoms with Crippen molar-refractivity contribution in [3.63, 3.8) is 0 Å². The van der Waals surface area contributed by atoms with Crippen LogP contribution in [-0.2, 0) is 0 Å². The number of allylic oxidation sites excluding steroid dienone is 1. The van der Waals surface area contributed by atoms with Crippen molar-refractivity contribution in [1.29, 1.82) is 0 Å². The second-order valence-electron chi connectivity index (χ2n) is 6.69. The van der Waals surface area contributed by atoms with Gasteiger partial charge >= 0.3 is 0 Å². The molecular weight excluding hydrogens is 246 g/mol. The van der Waals surface area contributed by atoms with Gasteiger partial charge in [-0.25, -0.2) is 0 Å². The van der Waals surface area contributed by atoms with Gasteiger partial charge in [0.25, 0.3) is 0 Å². The molecular formula is C17H29N3. The summed E-state index contributed by atoms with van der Waals surface area (Å²) in [6.07, 6.45) is 14.3. The van der Waals surface area contributed by atoms with Crippen LogP contribution in [-0.4, -0.2) is 61.0 Å². The third kappa shape index (κ3) is 3.57. The molecule has 3 nitrogen and oxygen atoms in total. The lowest BCUT2D eigenvalue weighted by molar-refractivity contribution is 0.187. The molecule has 0 atom stereocenters. The molecule has 0 radical (unpaired) electrons. The van der Waals surface area contributed by atoms with Crippen molar-refractivity contribution in [1.82, 2.24) is 14.7 Å². The van der Waals surface area contributed by atoms with Gasteiger partial charge in [-0.2, -0.15) is 0 Å². The van der Waals surface area contributed by atoms with E-state index in [0.29, 0.717) is 0 Å². The fraction of sp³-hybridized carbons (Fsp3) is 0.765. The Morgan fingerprint density at radius 3 is 2.45 bits per heavy atom. The van der Waals surface area contributed by atoms with E-state index in [9.17, 15) is 0 Å². The fourth-order valence-corrected chi connectivity index (χ4v) is 3.66. The van der Waals surface area contributed by atoms with E-state index < -0.39 is 0 Å². The molecule has 3 rings (SSSR count). The third-order valence-corrected chi connectivity index (χ3v) is 5.08. The lowest BCUT2D eigenvalue weighted by Crippen LogP contribution is -2.44. The summed E-state index contributed by atoms with van der Waals surface area (Å²) in [4.78, 5) is 7.46. The largest absolute Gasteiger partial charge is 0.373 e. The molecule has 0 amide bonds. The smallest absolute Gasteiger partial charge is 0.0377 e. The van der Waals surface area contributed by atoms with Crippen molar-refractivity contribution < 1.29 is 0 Å². The van der Waals surface area contributed by atoms with Crippen LogP contribution in [0.3, 0.4) is 0 Å². The van der Waals surface area contributed by atoms with Crippen LogP contribution in [0.15, 0.2) is 24.0 Å². The van der Waals surface area contributed by atoms with Crippen LogP contribution in [0.1, 0.15) is 32.1 Å². The van der Waals surface area contributed by atoms with Crippen molar-refractivity contribution in [2.45, 2.75) is 32.1 Å². The molecule has 0 spiro atoms. The van der Waals surface area contributed by atoms with Crippen molar-refractivity contribution in [2.75, 3.05) is 46.3 Å². The van der Waals surface area contributed by atoms with Crippen molar-refractivity contribution in [3.05, 3.63) is 24.0 Å². The minimum absolute atomic E-state index is 0.937. The molecule has 2 fully saturated rings. The lowest BCUT2D eigenvalue weighted by Gasteiger charge is -2.37. The van der Waals surface area contributed by atoms with Crippen LogP contribution < -0.4 is 0 Å². The molecule has 0 aromatic heterocycles. The second-order valence-corrected chi connectivity index (χ2v) is 6.69. The predicted octanol–water partition coefficient (Wildman–Crippen LogP) is 2.53. The van der Waals surface area contributed by atoms with Gasteiger partial charge in [0.2, 0.25) is 0 Å². The van der Waals surface area contributed by atoms with E-state index in [2.05, 4.69) is 40.1 Å². The Hall–Kier alpha value is -0.960. The second kappa shape index (κ2) is 6.66. The highest BCUT2D eigenvalue weighted by atomic mass is 15.3. The summed E-state index contributed by atoms with van der Waals surface area (Å²) in [5, 5.41) is 0. The Morgan fingerprint density at radius 1 is 1.05 bits per heavy atom. The number of hydrogen-bond acceptors (Lipinski definition) is 3. The molecule has 2 aliphatic heterocycles. The highest BCUT2D eigenvalue weighted by Gasteiger charge is 2.19. The molecule has 0 aromatic rings. The lowest BCUT2D eigenvalue weighted by atomic mass is 9.89. The molecule has 1 aliphatic carbocycles. The minimum Gasteiger partial charge on any atom is -0.373 e. The van der Waals surface area contributed by atoms with E-state index in [-0.39, 0.29) is 0 Å². The van der Waals surface area contributed by atoms with E-state index in [1.165, 1.54) is 70.5 Å². The Bertz CT molecular complexity index is 360.